The van der Waals surface area contributed by atoms with Crippen LogP contribution in [-0.2, 0) is 9.53 Å². The summed E-state index contributed by atoms with van der Waals surface area (Å²) in [4.78, 5) is 12.6. The Morgan fingerprint density at radius 1 is 1.38 bits per heavy atom. The van der Waals surface area contributed by atoms with Crippen molar-refractivity contribution in [3.8, 4) is 11.5 Å². The number of esters is 1. The highest BCUT2D eigenvalue weighted by Gasteiger charge is 2.32. The Labute approximate surface area is 146 Å². The number of allylic oxidation sites excluding steroid dienone is 1. The maximum absolute atomic E-state index is 12.6. The van der Waals surface area contributed by atoms with Gasteiger partial charge < -0.3 is 24.8 Å². The maximum Gasteiger partial charge on any atom is 0.338 e. The van der Waals surface area contributed by atoms with Crippen LogP contribution in [0.3, 0.4) is 0 Å². The molecule has 6 nitrogen and oxygen atoms in total. The topological polar surface area (TPSA) is 68.8 Å². The van der Waals surface area contributed by atoms with Crippen molar-refractivity contribution in [1.29, 1.82) is 0 Å². The number of hydrogen-bond acceptors (Lipinski definition) is 5. The second-order valence-corrected chi connectivity index (χ2v) is 6.58. The number of ether oxygens (including phenoxy) is 3. The fourth-order valence-corrected chi connectivity index (χ4v) is 2.90. The van der Waals surface area contributed by atoms with Crippen LogP contribution in [0, 0.1) is 5.92 Å². The van der Waals surface area contributed by atoms with E-state index < -0.39 is 6.04 Å². The number of carbonyl (C=O) groups is 1. The zero-order valence-corrected chi connectivity index (χ0v) is 14.7. The fraction of sp³-hybridized carbons (Fsp3) is 0.412. The molecule has 1 atom stereocenters. The molecule has 1 aromatic rings. The van der Waals surface area contributed by atoms with Gasteiger partial charge in [0.15, 0.2) is 16.6 Å². The SMILES string of the molecule is CC1=C(C(=O)OCC(C)C)[C@H](c2ccc3c(c2)OCO3)NC(=S)N1. The minimum atomic E-state index is -0.395. The van der Waals surface area contributed by atoms with E-state index in [9.17, 15) is 4.79 Å². The van der Waals surface area contributed by atoms with Crippen LogP contribution in [0.1, 0.15) is 32.4 Å². The Hall–Kier alpha value is -2.28. The molecule has 2 aliphatic heterocycles. The van der Waals surface area contributed by atoms with E-state index >= 15 is 0 Å². The lowest BCUT2D eigenvalue weighted by molar-refractivity contribution is -0.140. The molecule has 0 saturated heterocycles. The average Bonchev–Trinajstić information content (AvgIpc) is 2.99. The third-order valence-corrected chi connectivity index (χ3v) is 3.99. The molecule has 7 heteroatoms. The molecule has 1 aromatic carbocycles. The largest absolute Gasteiger partial charge is 0.462 e. The van der Waals surface area contributed by atoms with Crippen LogP contribution in [0.25, 0.3) is 0 Å². The van der Waals surface area contributed by atoms with Crippen molar-refractivity contribution in [3.05, 3.63) is 35.0 Å². The summed E-state index contributed by atoms with van der Waals surface area (Å²) >= 11 is 5.24. The van der Waals surface area contributed by atoms with Crippen molar-refractivity contribution in [2.24, 2.45) is 5.92 Å². The normalized spacial score (nSPS) is 19.2. The second kappa shape index (κ2) is 6.68. The van der Waals surface area contributed by atoms with Gasteiger partial charge in [-0.25, -0.2) is 4.79 Å². The van der Waals surface area contributed by atoms with Gasteiger partial charge in [-0.05, 0) is 42.8 Å². The highest BCUT2D eigenvalue weighted by atomic mass is 32.1. The highest BCUT2D eigenvalue weighted by molar-refractivity contribution is 7.80. The second-order valence-electron chi connectivity index (χ2n) is 6.18. The zero-order chi connectivity index (χ0) is 17.3. The van der Waals surface area contributed by atoms with Crippen LogP contribution in [-0.4, -0.2) is 24.5 Å². The van der Waals surface area contributed by atoms with Crippen LogP contribution in [0.5, 0.6) is 11.5 Å². The zero-order valence-electron chi connectivity index (χ0n) is 13.8. The Morgan fingerprint density at radius 3 is 2.88 bits per heavy atom. The van der Waals surface area contributed by atoms with Crippen LogP contribution in [0.15, 0.2) is 29.5 Å². The molecule has 0 saturated carbocycles. The summed E-state index contributed by atoms with van der Waals surface area (Å²) in [5, 5.41) is 6.60. The molecule has 2 N–H and O–H groups in total. The molecule has 0 spiro atoms. The average molecular weight is 348 g/mol. The summed E-state index contributed by atoms with van der Waals surface area (Å²) < 4.78 is 16.2. The summed E-state index contributed by atoms with van der Waals surface area (Å²) in [5.41, 5.74) is 2.07. The van der Waals surface area contributed by atoms with Gasteiger partial charge in [0.25, 0.3) is 0 Å². The molecule has 0 fully saturated rings. The molecule has 128 valence electrons. The first-order valence-electron chi connectivity index (χ1n) is 7.80. The van der Waals surface area contributed by atoms with Gasteiger partial charge in [0, 0.05) is 5.70 Å². The van der Waals surface area contributed by atoms with E-state index in [4.69, 9.17) is 26.4 Å². The molecule has 0 radical (unpaired) electrons. The van der Waals surface area contributed by atoms with Crippen molar-refractivity contribution in [3.63, 3.8) is 0 Å². The third-order valence-electron chi connectivity index (χ3n) is 3.77. The van der Waals surface area contributed by atoms with Crippen molar-refractivity contribution in [2.75, 3.05) is 13.4 Å². The Bertz CT molecular complexity index is 715. The standard InChI is InChI=1S/C17H20N2O4S/c1-9(2)7-21-16(20)14-10(3)18-17(24)19-15(14)11-4-5-12-13(6-11)23-8-22-12/h4-6,9,15H,7-8H2,1-3H3,(H2,18,19,24)/t15-/m0/s1. The van der Waals surface area contributed by atoms with Crippen LogP contribution in [0.2, 0.25) is 0 Å². The predicted molar refractivity (Wildman–Crippen MR) is 92.7 cm³/mol. The summed E-state index contributed by atoms with van der Waals surface area (Å²) in [7, 11) is 0. The lowest BCUT2D eigenvalue weighted by Gasteiger charge is -2.30. The molecule has 24 heavy (non-hydrogen) atoms. The van der Waals surface area contributed by atoms with Gasteiger partial charge >= 0.3 is 5.97 Å². The molecule has 2 aliphatic rings. The van der Waals surface area contributed by atoms with Crippen molar-refractivity contribution >= 4 is 23.3 Å². The summed E-state index contributed by atoms with van der Waals surface area (Å²) in [6.45, 7) is 6.38. The van der Waals surface area contributed by atoms with E-state index in [0.717, 1.165) is 5.56 Å². The molecular formula is C17H20N2O4S. The van der Waals surface area contributed by atoms with Crippen LogP contribution in [0.4, 0.5) is 0 Å². The van der Waals surface area contributed by atoms with E-state index in [1.807, 2.05) is 39.0 Å². The maximum atomic E-state index is 12.6. The smallest absolute Gasteiger partial charge is 0.338 e. The van der Waals surface area contributed by atoms with E-state index in [-0.39, 0.29) is 18.7 Å². The predicted octanol–water partition coefficient (Wildman–Crippen LogP) is 2.41. The molecule has 0 unspecified atom stereocenters. The molecular weight excluding hydrogens is 328 g/mol. The molecule has 3 rings (SSSR count). The molecule has 0 aliphatic carbocycles. The van der Waals surface area contributed by atoms with Gasteiger partial charge in [0.1, 0.15) is 0 Å². The first kappa shape index (κ1) is 16.6. The Kier molecular flexibility index (Phi) is 4.62. The first-order chi connectivity index (χ1) is 11.5. The fourth-order valence-electron chi connectivity index (χ4n) is 2.63. The Balaban J connectivity index is 1.92. The summed E-state index contributed by atoms with van der Waals surface area (Å²) in [6, 6.07) is 5.18. The number of thiocarbonyl (C=S) groups is 1. The monoisotopic (exact) mass is 348 g/mol. The minimum absolute atomic E-state index is 0.203. The van der Waals surface area contributed by atoms with Crippen LogP contribution >= 0.6 is 12.2 Å². The quantitative estimate of drug-likeness (QED) is 0.640. The number of hydrogen-bond donors (Lipinski definition) is 2. The molecule has 0 aromatic heterocycles. The van der Waals surface area contributed by atoms with Gasteiger partial charge in [0.05, 0.1) is 18.2 Å². The Morgan fingerprint density at radius 2 is 2.12 bits per heavy atom. The molecule has 0 amide bonds. The summed E-state index contributed by atoms with van der Waals surface area (Å²) in [6.07, 6.45) is 0. The van der Waals surface area contributed by atoms with Crippen molar-refractivity contribution in [1.82, 2.24) is 10.6 Å². The van der Waals surface area contributed by atoms with E-state index in [0.29, 0.717) is 34.5 Å². The van der Waals surface area contributed by atoms with Crippen molar-refractivity contribution < 1.29 is 19.0 Å². The van der Waals surface area contributed by atoms with Crippen molar-refractivity contribution in [2.45, 2.75) is 26.8 Å². The number of carbonyl (C=O) groups excluding carboxylic acids is 1. The number of nitrogens with one attached hydrogen (secondary N) is 2. The van der Waals surface area contributed by atoms with Gasteiger partial charge in [0.2, 0.25) is 6.79 Å². The number of rotatable bonds is 4. The lowest BCUT2D eigenvalue weighted by atomic mass is 9.95. The van der Waals surface area contributed by atoms with Gasteiger partial charge in [-0.1, -0.05) is 19.9 Å². The molecule has 0 bridgehead atoms. The van der Waals surface area contributed by atoms with E-state index in [2.05, 4.69) is 10.6 Å². The van der Waals surface area contributed by atoms with E-state index in [1.54, 1.807) is 0 Å². The third kappa shape index (κ3) is 3.31. The minimum Gasteiger partial charge on any atom is -0.462 e. The number of fused-ring (bicyclic) bond motifs is 1. The number of benzene rings is 1. The first-order valence-corrected chi connectivity index (χ1v) is 8.21. The molecule has 2 heterocycles. The summed E-state index contributed by atoms with van der Waals surface area (Å²) in [5.74, 6) is 1.27. The van der Waals surface area contributed by atoms with Crippen LogP contribution < -0.4 is 20.1 Å². The highest BCUT2D eigenvalue weighted by Crippen LogP contribution is 2.37. The van der Waals surface area contributed by atoms with Gasteiger partial charge in [-0.2, -0.15) is 0 Å². The van der Waals surface area contributed by atoms with Gasteiger partial charge in [-0.3, -0.25) is 0 Å². The lowest BCUT2D eigenvalue weighted by Crippen LogP contribution is -2.45. The van der Waals surface area contributed by atoms with Gasteiger partial charge in [-0.15, -0.1) is 0 Å². The van der Waals surface area contributed by atoms with E-state index in [1.165, 1.54) is 0 Å².